The second-order valence-electron chi connectivity index (χ2n) is 2.62. The molecule has 64 valence electrons. The third-order valence-corrected chi connectivity index (χ3v) is 1.05. The molecule has 0 fully saturated rings. The standard InChI is InChI=1S/C9H16O2/c1-4-5-6-7-9(10)11-8(2)3/h5-6,8H,4,7H2,1-3H3/b6-5+. The van der Waals surface area contributed by atoms with E-state index in [1.807, 2.05) is 32.9 Å². The molecule has 0 aromatic heterocycles. The van der Waals surface area contributed by atoms with Crippen LogP contribution in [0.3, 0.4) is 0 Å². The van der Waals surface area contributed by atoms with Crippen molar-refractivity contribution in [3.63, 3.8) is 0 Å². The van der Waals surface area contributed by atoms with E-state index in [0.717, 1.165) is 6.42 Å². The van der Waals surface area contributed by atoms with Crippen molar-refractivity contribution in [2.75, 3.05) is 0 Å². The molecule has 0 unspecified atom stereocenters. The summed E-state index contributed by atoms with van der Waals surface area (Å²) in [5, 5.41) is 0. The lowest BCUT2D eigenvalue weighted by molar-refractivity contribution is -0.146. The Balaban J connectivity index is 3.45. The summed E-state index contributed by atoms with van der Waals surface area (Å²) in [6.07, 6.45) is 5.16. The van der Waals surface area contributed by atoms with E-state index in [0.29, 0.717) is 6.42 Å². The lowest BCUT2D eigenvalue weighted by Gasteiger charge is -2.04. The molecular weight excluding hydrogens is 140 g/mol. The van der Waals surface area contributed by atoms with E-state index in [1.54, 1.807) is 0 Å². The molecule has 0 amide bonds. The lowest BCUT2D eigenvalue weighted by atomic mass is 10.3. The normalized spacial score (nSPS) is 10.9. The van der Waals surface area contributed by atoms with Gasteiger partial charge in [-0.3, -0.25) is 4.79 Å². The Labute approximate surface area is 68.2 Å². The van der Waals surface area contributed by atoms with Crippen LogP contribution in [-0.4, -0.2) is 12.1 Å². The summed E-state index contributed by atoms with van der Waals surface area (Å²) in [5.74, 6) is -0.148. The fraction of sp³-hybridized carbons (Fsp3) is 0.667. The molecule has 2 heteroatoms. The van der Waals surface area contributed by atoms with Gasteiger partial charge >= 0.3 is 5.97 Å². The Kier molecular flexibility index (Phi) is 5.53. The van der Waals surface area contributed by atoms with E-state index in [9.17, 15) is 4.79 Å². The highest BCUT2D eigenvalue weighted by atomic mass is 16.5. The zero-order chi connectivity index (χ0) is 8.69. The fourth-order valence-electron chi connectivity index (χ4n) is 0.657. The monoisotopic (exact) mass is 156 g/mol. The van der Waals surface area contributed by atoms with Gasteiger partial charge in [0.15, 0.2) is 0 Å². The van der Waals surface area contributed by atoms with Crippen LogP contribution >= 0.6 is 0 Å². The van der Waals surface area contributed by atoms with Gasteiger partial charge in [0.25, 0.3) is 0 Å². The lowest BCUT2D eigenvalue weighted by Crippen LogP contribution is -2.09. The third-order valence-electron chi connectivity index (χ3n) is 1.05. The van der Waals surface area contributed by atoms with Gasteiger partial charge in [-0.15, -0.1) is 0 Å². The molecule has 0 bridgehead atoms. The Morgan fingerprint density at radius 1 is 1.45 bits per heavy atom. The predicted octanol–water partition coefficient (Wildman–Crippen LogP) is 2.29. The molecule has 0 aromatic rings. The number of ether oxygens (including phenoxy) is 1. The molecule has 0 N–H and O–H groups in total. The number of allylic oxidation sites excluding steroid dienone is 1. The molecule has 0 aromatic carbocycles. The van der Waals surface area contributed by atoms with Crippen molar-refractivity contribution in [2.24, 2.45) is 0 Å². The molecule has 0 aliphatic rings. The number of hydrogen-bond acceptors (Lipinski definition) is 2. The van der Waals surface area contributed by atoms with Crippen LogP contribution < -0.4 is 0 Å². The molecule has 0 aliphatic heterocycles. The van der Waals surface area contributed by atoms with Crippen LogP contribution in [0.1, 0.15) is 33.6 Å². The van der Waals surface area contributed by atoms with Crippen molar-refractivity contribution in [1.82, 2.24) is 0 Å². The van der Waals surface area contributed by atoms with E-state index in [2.05, 4.69) is 0 Å². The highest BCUT2D eigenvalue weighted by molar-refractivity contribution is 5.71. The fourth-order valence-corrected chi connectivity index (χ4v) is 0.657. The van der Waals surface area contributed by atoms with Gasteiger partial charge in [-0.25, -0.2) is 0 Å². The SMILES string of the molecule is CC/C=C/CC(=O)OC(C)C. The molecule has 0 heterocycles. The number of carbonyl (C=O) groups is 1. The zero-order valence-electron chi connectivity index (χ0n) is 7.46. The molecule has 0 spiro atoms. The minimum absolute atomic E-state index is 0.00229. The quantitative estimate of drug-likeness (QED) is 0.461. The molecule has 2 nitrogen and oxygen atoms in total. The largest absolute Gasteiger partial charge is 0.463 e. The van der Waals surface area contributed by atoms with Gasteiger partial charge < -0.3 is 4.74 Å². The maximum atomic E-state index is 10.9. The van der Waals surface area contributed by atoms with Gasteiger partial charge in [0.2, 0.25) is 0 Å². The molecular formula is C9H16O2. The summed E-state index contributed by atoms with van der Waals surface area (Å²) in [5.41, 5.74) is 0. The zero-order valence-corrected chi connectivity index (χ0v) is 7.46. The summed E-state index contributed by atoms with van der Waals surface area (Å²) in [7, 11) is 0. The van der Waals surface area contributed by atoms with Gasteiger partial charge in [-0.1, -0.05) is 19.1 Å². The topological polar surface area (TPSA) is 26.3 Å². The third kappa shape index (κ3) is 7.10. The summed E-state index contributed by atoms with van der Waals surface area (Å²) in [6.45, 7) is 5.73. The van der Waals surface area contributed by atoms with Gasteiger partial charge in [0, 0.05) is 0 Å². The van der Waals surface area contributed by atoms with E-state index < -0.39 is 0 Å². The Morgan fingerprint density at radius 2 is 2.09 bits per heavy atom. The first-order valence-electron chi connectivity index (χ1n) is 4.01. The second-order valence-corrected chi connectivity index (χ2v) is 2.62. The Bertz CT molecular complexity index is 136. The minimum Gasteiger partial charge on any atom is -0.463 e. The summed E-state index contributed by atoms with van der Waals surface area (Å²) in [6, 6.07) is 0. The van der Waals surface area contributed by atoms with Crippen LogP contribution in [0, 0.1) is 0 Å². The highest BCUT2D eigenvalue weighted by Crippen LogP contribution is 1.94. The van der Waals surface area contributed by atoms with Crippen molar-refractivity contribution in [2.45, 2.75) is 39.7 Å². The van der Waals surface area contributed by atoms with Crippen molar-refractivity contribution in [3.8, 4) is 0 Å². The minimum atomic E-state index is -0.148. The van der Waals surface area contributed by atoms with Crippen molar-refractivity contribution in [3.05, 3.63) is 12.2 Å². The molecule has 11 heavy (non-hydrogen) atoms. The van der Waals surface area contributed by atoms with E-state index in [1.165, 1.54) is 0 Å². The highest BCUT2D eigenvalue weighted by Gasteiger charge is 2.00. The number of hydrogen-bond donors (Lipinski definition) is 0. The smallest absolute Gasteiger partial charge is 0.309 e. The van der Waals surface area contributed by atoms with Gasteiger partial charge in [-0.05, 0) is 20.3 Å². The molecule has 0 radical (unpaired) electrons. The first kappa shape index (κ1) is 10.2. The first-order valence-corrected chi connectivity index (χ1v) is 4.01. The van der Waals surface area contributed by atoms with Crippen molar-refractivity contribution >= 4 is 5.97 Å². The maximum Gasteiger partial charge on any atom is 0.309 e. The molecule has 0 saturated heterocycles. The maximum absolute atomic E-state index is 10.9. The molecule has 0 saturated carbocycles. The molecule has 0 rings (SSSR count). The van der Waals surface area contributed by atoms with Gasteiger partial charge in [0.05, 0.1) is 12.5 Å². The van der Waals surface area contributed by atoms with Gasteiger partial charge in [-0.2, -0.15) is 0 Å². The molecule has 0 atom stereocenters. The van der Waals surface area contributed by atoms with Crippen LogP contribution in [0.2, 0.25) is 0 Å². The average Bonchev–Trinajstić information content (AvgIpc) is 1.86. The summed E-state index contributed by atoms with van der Waals surface area (Å²) in [4.78, 5) is 10.9. The number of rotatable bonds is 4. The van der Waals surface area contributed by atoms with Crippen LogP contribution in [0.5, 0.6) is 0 Å². The van der Waals surface area contributed by atoms with E-state index >= 15 is 0 Å². The van der Waals surface area contributed by atoms with Crippen LogP contribution in [0.25, 0.3) is 0 Å². The average molecular weight is 156 g/mol. The second kappa shape index (κ2) is 5.96. The van der Waals surface area contributed by atoms with Crippen molar-refractivity contribution < 1.29 is 9.53 Å². The molecule has 0 aliphatic carbocycles. The predicted molar refractivity (Wildman–Crippen MR) is 45.3 cm³/mol. The Morgan fingerprint density at radius 3 is 2.55 bits per heavy atom. The van der Waals surface area contributed by atoms with Gasteiger partial charge in [0.1, 0.15) is 0 Å². The first-order chi connectivity index (χ1) is 5.16. The van der Waals surface area contributed by atoms with Crippen LogP contribution in [0.4, 0.5) is 0 Å². The number of carbonyl (C=O) groups excluding carboxylic acids is 1. The van der Waals surface area contributed by atoms with Crippen molar-refractivity contribution in [1.29, 1.82) is 0 Å². The number of esters is 1. The summed E-state index contributed by atoms with van der Waals surface area (Å²) >= 11 is 0. The van der Waals surface area contributed by atoms with Crippen LogP contribution in [0.15, 0.2) is 12.2 Å². The van der Waals surface area contributed by atoms with E-state index in [-0.39, 0.29) is 12.1 Å². The van der Waals surface area contributed by atoms with E-state index in [4.69, 9.17) is 4.74 Å². The Hall–Kier alpha value is -0.790. The van der Waals surface area contributed by atoms with Crippen LogP contribution in [-0.2, 0) is 9.53 Å². The summed E-state index contributed by atoms with van der Waals surface area (Å²) < 4.78 is 4.91.